The van der Waals surface area contributed by atoms with Gasteiger partial charge in [-0.05, 0) is 33.2 Å². The lowest BCUT2D eigenvalue weighted by Crippen LogP contribution is -2.18. The Kier molecular flexibility index (Phi) is 5.48. The molecule has 0 unspecified atom stereocenters. The Balaban J connectivity index is 1.80. The highest BCUT2D eigenvalue weighted by Crippen LogP contribution is 2.31. The highest BCUT2D eigenvalue weighted by Gasteiger charge is 2.14. The van der Waals surface area contributed by atoms with Gasteiger partial charge in [0.25, 0.3) is 5.91 Å². The maximum Gasteiger partial charge on any atom is 0.277 e. The molecule has 1 N–H and O–H groups in total. The topological polar surface area (TPSA) is 72.3 Å². The molecule has 3 rings (SSSR count). The van der Waals surface area contributed by atoms with E-state index < -0.39 is 0 Å². The zero-order valence-electron chi connectivity index (χ0n) is 15.3. The summed E-state index contributed by atoms with van der Waals surface area (Å²) in [6.45, 7) is 4.04. The minimum Gasteiger partial charge on any atom is -0.493 e. The Hall–Kier alpha value is -2.93. The van der Waals surface area contributed by atoms with E-state index in [0.717, 1.165) is 28.8 Å². The molecule has 0 bridgehead atoms. The molecular weight excluding hydrogens is 330 g/mol. The SMILES string of the molecule is CCOc1ccc(NC(=O)c2cn(CCN(C)C)nn2)c2ccccc12. The molecule has 26 heavy (non-hydrogen) atoms. The van der Waals surface area contributed by atoms with Crippen LogP contribution >= 0.6 is 0 Å². The number of fused-ring (bicyclic) bond motifs is 1. The van der Waals surface area contributed by atoms with Gasteiger partial charge in [0.1, 0.15) is 5.75 Å². The lowest BCUT2D eigenvalue weighted by Gasteiger charge is -2.12. The third kappa shape index (κ3) is 4.00. The molecule has 0 saturated heterocycles. The van der Waals surface area contributed by atoms with Crippen LogP contribution in [0, 0.1) is 0 Å². The Labute approximate surface area is 152 Å². The second-order valence-corrected chi connectivity index (χ2v) is 6.21. The molecule has 1 aromatic heterocycles. The number of nitrogens with one attached hydrogen (secondary N) is 1. The van der Waals surface area contributed by atoms with Gasteiger partial charge in [0.2, 0.25) is 0 Å². The molecule has 1 heterocycles. The molecule has 1 amide bonds. The molecular formula is C19H23N5O2. The van der Waals surface area contributed by atoms with Crippen LogP contribution in [0.15, 0.2) is 42.6 Å². The zero-order chi connectivity index (χ0) is 18.5. The summed E-state index contributed by atoms with van der Waals surface area (Å²) >= 11 is 0. The summed E-state index contributed by atoms with van der Waals surface area (Å²) in [5.41, 5.74) is 1.01. The lowest BCUT2D eigenvalue weighted by molar-refractivity contribution is 0.102. The second kappa shape index (κ2) is 7.97. The van der Waals surface area contributed by atoms with Crippen LogP contribution in [0.1, 0.15) is 17.4 Å². The number of rotatable bonds is 7. The number of hydrogen-bond donors (Lipinski definition) is 1. The van der Waals surface area contributed by atoms with Gasteiger partial charge in [-0.1, -0.05) is 29.5 Å². The average molecular weight is 353 g/mol. The fraction of sp³-hybridized carbons (Fsp3) is 0.316. The van der Waals surface area contributed by atoms with Gasteiger partial charge in [-0.2, -0.15) is 0 Å². The van der Waals surface area contributed by atoms with Gasteiger partial charge >= 0.3 is 0 Å². The summed E-state index contributed by atoms with van der Waals surface area (Å²) < 4.78 is 7.34. The van der Waals surface area contributed by atoms with Gasteiger partial charge in [-0.25, -0.2) is 0 Å². The minimum atomic E-state index is -0.282. The zero-order valence-corrected chi connectivity index (χ0v) is 15.3. The number of carbonyl (C=O) groups is 1. The van der Waals surface area contributed by atoms with E-state index >= 15 is 0 Å². The van der Waals surface area contributed by atoms with Gasteiger partial charge in [-0.15, -0.1) is 5.10 Å². The van der Waals surface area contributed by atoms with E-state index in [1.807, 2.05) is 62.3 Å². The predicted octanol–water partition coefficient (Wildman–Crippen LogP) is 2.64. The number of nitrogens with zero attached hydrogens (tertiary/aromatic N) is 4. The molecule has 0 fully saturated rings. The van der Waals surface area contributed by atoms with Crippen molar-refractivity contribution in [3.63, 3.8) is 0 Å². The number of ether oxygens (including phenoxy) is 1. The number of anilines is 1. The van der Waals surface area contributed by atoms with Crippen LogP contribution in [0.25, 0.3) is 10.8 Å². The van der Waals surface area contributed by atoms with Gasteiger partial charge in [0, 0.05) is 23.0 Å². The number of benzene rings is 2. The van der Waals surface area contributed by atoms with E-state index in [1.54, 1.807) is 10.9 Å². The Morgan fingerprint density at radius 1 is 1.19 bits per heavy atom. The van der Waals surface area contributed by atoms with Crippen molar-refractivity contribution in [2.45, 2.75) is 13.5 Å². The number of likely N-dealkylation sites (N-methyl/N-ethyl adjacent to an activating group) is 1. The number of hydrogen-bond acceptors (Lipinski definition) is 5. The fourth-order valence-corrected chi connectivity index (χ4v) is 2.66. The number of carbonyl (C=O) groups excluding carboxylic acids is 1. The minimum absolute atomic E-state index is 0.282. The van der Waals surface area contributed by atoms with Crippen molar-refractivity contribution in [3.05, 3.63) is 48.3 Å². The largest absolute Gasteiger partial charge is 0.493 e. The summed E-state index contributed by atoms with van der Waals surface area (Å²) in [4.78, 5) is 14.6. The van der Waals surface area contributed by atoms with Crippen molar-refractivity contribution in [3.8, 4) is 5.75 Å². The summed E-state index contributed by atoms with van der Waals surface area (Å²) in [5, 5.41) is 12.8. The van der Waals surface area contributed by atoms with E-state index in [2.05, 4.69) is 15.6 Å². The molecule has 0 aliphatic rings. The standard InChI is InChI=1S/C19H23N5O2/c1-4-26-18-10-9-16(14-7-5-6-8-15(14)18)20-19(25)17-13-24(22-21-17)12-11-23(2)3/h5-10,13H,4,11-12H2,1-3H3,(H,20,25). The van der Waals surface area contributed by atoms with E-state index in [1.165, 1.54) is 0 Å². The molecule has 0 aliphatic heterocycles. The molecule has 7 nitrogen and oxygen atoms in total. The van der Waals surface area contributed by atoms with Crippen LogP contribution in [0.4, 0.5) is 5.69 Å². The number of aromatic nitrogens is 3. The molecule has 7 heteroatoms. The van der Waals surface area contributed by atoms with Crippen LogP contribution in [0.5, 0.6) is 5.75 Å². The van der Waals surface area contributed by atoms with Gasteiger partial charge in [0.15, 0.2) is 5.69 Å². The summed E-state index contributed by atoms with van der Waals surface area (Å²) in [5.74, 6) is 0.520. The average Bonchev–Trinajstić information content (AvgIpc) is 3.11. The van der Waals surface area contributed by atoms with Crippen LogP contribution in [-0.4, -0.2) is 53.0 Å². The van der Waals surface area contributed by atoms with E-state index in [9.17, 15) is 4.79 Å². The van der Waals surface area contributed by atoms with E-state index in [0.29, 0.717) is 18.8 Å². The quantitative estimate of drug-likeness (QED) is 0.707. The lowest BCUT2D eigenvalue weighted by atomic mass is 10.1. The van der Waals surface area contributed by atoms with Crippen molar-refractivity contribution in [2.75, 3.05) is 32.6 Å². The first kappa shape index (κ1) is 17.9. The first-order valence-corrected chi connectivity index (χ1v) is 8.59. The van der Waals surface area contributed by atoms with Crippen molar-refractivity contribution >= 4 is 22.4 Å². The molecule has 0 saturated carbocycles. The Morgan fingerprint density at radius 3 is 2.69 bits per heavy atom. The van der Waals surface area contributed by atoms with Gasteiger partial charge in [-0.3, -0.25) is 9.48 Å². The van der Waals surface area contributed by atoms with Crippen LogP contribution in [0.2, 0.25) is 0 Å². The molecule has 2 aromatic carbocycles. The predicted molar refractivity (Wildman–Crippen MR) is 102 cm³/mol. The summed E-state index contributed by atoms with van der Waals surface area (Å²) in [6.07, 6.45) is 1.66. The normalized spacial score (nSPS) is 11.1. The van der Waals surface area contributed by atoms with Crippen LogP contribution in [0.3, 0.4) is 0 Å². The molecule has 0 aliphatic carbocycles. The molecule has 0 spiro atoms. The van der Waals surface area contributed by atoms with E-state index in [4.69, 9.17) is 4.74 Å². The van der Waals surface area contributed by atoms with Crippen LogP contribution in [-0.2, 0) is 6.54 Å². The van der Waals surface area contributed by atoms with Crippen molar-refractivity contribution < 1.29 is 9.53 Å². The van der Waals surface area contributed by atoms with Gasteiger partial charge in [0.05, 0.1) is 19.3 Å². The fourth-order valence-electron chi connectivity index (χ4n) is 2.66. The smallest absolute Gasteiger partial charge is 0.277 e. The third-order valence-electron chi connectivity index (χ3n) is 3.98. The summed E-state index contributed by atoms with van der Waals surface area (Å²) in [7, 11) is 3.98. The Morgan fingerprint density at radius 2 is 1.96 bits per heavy atom. The van der Waals surface area contributed by atoms with Gasteiger partial charge < -0.3 is 15.0 Å². The summed E-state index contributed by atoms with van der Waals surface area (Å²) in [6, 6.07) is 11.5. The van der Waals surface area contributed by atoms with Crippen LogP contribution < -0.4 is 10.1 Å². The highest BCUT2D eigenvalue weighted by molar-refractivity contribution is 6.09. The first-order chi connectivity index (χ1) is 12.6. The molecule has 3 aromatic rings. The third-order valence-corrected chi connectivity index (χ3v) is 3.98. The maximum absolute atomic E-state index is 12.6. The first-order valence-electron chi connectivity index (χ1n) is 8.59. The van der Waals surface area contributed by atoms with Crippen molar-refractivity contribution in [1.29, 1.82) is 0 Å². The Bertz CT molecular complexity index is 904. The molecule has 0 atom stereocenters. The second-order valence-electron chi connectivity index (χ2n) is 6.21. The maximum atomic E-state index is 12.6. The molecule has 136 valence electrons. The monoisotopic (exact) mass is 353 g/mol. The highest BCUT2D eigenvalue weighted by atomic mass is 16.5. The number of amides is 1. The van der Waals surface area contributed by atoms with Crippen molar-refractivity contribution in [2.24, 2.45) is 0 Å². The van der Waals surface area contributed by atoms with E-state index in [-0.39, 0.29) is 5.91 Å². The molecule has 0 radical (unpaired) electrons. The van der Waals surface area contributed by atoms with Crippen molar-refractivity contribution in [1.82, 2.24) is 19.9 Å².